The summed E-state index contributed by atoms with van der Waals surface area (Å²) in [6.07, 6.45) is 9.66. The molecule has 0 aliphatic heterocycles. The van der Waals surface area contributed by atoms with Crippen molar-refractivity contribution in [2.75, 3.05) is 33.8 Å². The zero-order valence-electron chi connectivity index (χ0n) is 20.6. The molecule has 1 amide bonds. The normalized spacial score (nSPS) is 18.2. The Morgan fingerprint density at radius 1 is 1.06 bits per heavy atom. The predicted octanol–water partition coefficient (Wildman–Crippen LogP) is 5.57. The van der Waals surface area contributed by atoms with Crippen LogP contribution in [0.1, 0.15) is 76.7 Å². The van der Waals surface area contributed by atoms with Gasteiger partial charge >= 0.3 is 12.1 Å². The minimum absolute atomic E-state index is 0.184. The SMILES string of the molecule is CCOC(=O)CC1(CNC(=O)Oc2cccc(C3=C(CN(C)C)CCCC3)c2)CCCCC1. The first kappa shape index (κ1) is 25.3. The van der Waals surface area contributed by atoms with Gasteiger partial charge in [0.15, 0.2) is 0 Å². The molecule has 2 aliphatic rings. The van der Waals surface area contributed by atoms with E-state index in [2.05, 4.69) is 30.4 Å². The number of carbonyl (C=O) groups is 2. The number of allylic oxidation sites excluding steroid dienone is 1. The van der Waals surface area contributed by atoms with E-state index < -0.39 is 6.09 Å². The molecule has 6 heteroatoms. The number of ether oxygens (including phenoxy) is 2. The minimum atomic E-state index is -0.466. The maximum atomic E-state index is 12.6. The molecule has 0 unspecified atom stereocenters. The third-order valence-corrected chi connectivity index (χ3v) is 6.83. The number of benzene rings is 1. The lowest BCUT2D eigenvalue weighted by Crippen LogP contribution is -2.41. The zero-order valence-corrected chi connectivity index (χ0v) is 20.6. The Morgan fingerprint density at radius 2 is 1.82 bits per heavy atom. The van der Waals surface area contributed by atoms with Crippen LogP contribution in [0.25, 0.3) is 5.57 Å². The molecule has 0 aromatic heterocycles. The first-order valence-electron chi connectivity index (χ1n) is 12.5. The predicted molar refractivity (Wildman–Crippen MR) is 131 cm³/mol. The minimum Gasteiger partial charge on any atom is -0.466 e. The third kappa shape index (κ3) is 7.60. The molecule has 3 rings (SSSR count). The molecule has 0 bridgehead atoms. The Bertz CT molecular complexity index is 840. The largest absolute Gasteiger partial charge is 0.466 e. The number of hydrogen-bond donors (Lipinski definition) is 1. The fourth-order valence-corrected chi connectivity index (χ4v) is 5.26. The monoisotopic (exact) mass is 456 g/mol. The van der Waals surface area contributed by atoms with E-state index in [4.69, 9.17) is 9.47 Å². The van der Waals surface area contributed by atoms with E-state index in [1.54, 1.807) is 0 Å². The van der Waals surface area contributed by atoms with Gasteiger partial charge in [0.1, 0.15) is 5.75 Å². The number of carbonyl (C=O) groups excluding carboxylic acids is 2. The van der Waals surface area contributed by atoms with E-state index >= 15 is 0 Å². The molecule has 1 aromatic rings. The number of esters is 1. The summed E-state index contributed by atoms with van der Waals surface area (Å²) in [6.45, 7) is 3.60. The standard InChI is InChI=1S/C27H40N2O4/c1-4-32-25(30)18-27(15-8-5-9-16-27)20-28-26(31)33-23-13-10-12-21(17-23)24-14-7-6-11-22(24)19-29(2)3/h10,12-13,17H,4-9,11,14-16,18-20H2,1-3H3,(H,28,31). The number of nitrogens with zero attached hydrogens (tertiary/aromatic N) is 1. The highest BCUT2D eigenvalue weighted by Gasteiger charge is 2.35. The van der Waals surface area contributed by atoms with Crippen LogP contribution in [0.3, 0.4) is 0 Å². The van der Waals surface area contributed by atoms with Crippen molar-refractivity contribution in [1.82, 2.24) is 10.2 Å². The molecule has 182 valence electrons. The van der Waals surface area contributed by atoms with Crippen molar-refractivity contribution in [1.29, 1.82) is 0 Å². The van der Waals surface area contributed by atoms with E-state index in [9.17, 15) is 9.59 Å². The van der Waals surface area contributed by atoms with Gasteiger partial charge in [-0.3, -0.25) is 4.79 Å². The fraction of sp³-hybridized carbons (Fsp3) is 0.630. The Balaban J connectivity index is 1.64. The van der Waals surface area contributed by atoms with Crippen LogP contribution in [0.2, 0.25) is 0 Å². The molecule has 1 N–H and O–H groups in total. The van der Waals surface area contributed by atoms with Gasteiger partial charge in [0.05, 0.1) is 13.0 Å². The van der Waals surface area contributed by atoms with Crippen molar-refractivity contribution >= 4 is 17.6 Å². The number of hydrogen-bond acceptors (Lipinski definition) is 5. The smallest absolute Gasteiger partial charge is 0.412 e. The summed E-state index contributed by atoms with van der Waals surface area (Å²) >= 11 is 0. The van der Waals surface area contributed by atoms with E-state index in [-0.39, 0.29) is 11.4 Å². The van der Waals surface area contributed by atoms with Crippen LogP contribution in [-0.2, 0) is 9.53 Å². The van der Waals surface area contributed by atoms with Crippen LogP contribution in [-0.4, -0.2) is 50.8 Å². The molecule has 0 radical (unpaired) electrons. The van der Waals surface area contributed by atoms with Gasteiger partial charge in [-0.1, -0.05) is 37.0 Å². The van der Waals surface area contributed by atoms with Crippen molar-refractivity contribution in [3.05, 3.63) is 35.4 Å². The molecule has 0 atom stereocenters. The van der Waals surface area contributed by atoms with Crippen LogP contribution in [0.5, 0.6) is 5.75 Å². The van der Waals surface area contributed by atoms with Crippen molar-refractivity contribution < 1.29 is 19.1 Å². The molecular weight excluding hydrogens is 416 g/mol. The van der Waals surface area contributed by atoms with Crippen molar-refractivity contribution in [3.63, 3.8) is 0 Å². The molecule has 6 nitrogen and oxygen atoms in total. The second kappa shape index (κ2) is 12.2. The van der Waals surface area contributed by atoms with Crippen LogP contribution in [0.15, 0.2) is 29.8 Å². The Hall–Kier alpha value is -2.34. The van der Waals surface area contributed by atoms with Crippen molar-refractivity contribution in [2.24, 2.45) is 5.41 Å². The molecule has 1 saturated carbocycles. The van der Waals surface area contributed by atoms with E-state index in [0.29, 0.717) is 25.3 Å². The topological polar surface area (TPSA) is 67.9 Å². The number of amides is 1. The molecule has 1 fully saturated rings. The van der Waals surface area contributed by atoms with E-state index in [0.717, 1.165) is 50.6 Å². The number of nitrogens with one attached hydrogen (secondary N) is 1. The summed E-state index contributed by atoms with van der Waals surface area (Å²) in [5.41, 5.74) is 3.77. The summed E-state index contributed by atoms with van der Waals surface area (Å²) in [7, 11) is 4.20. The van der Waals surface area contributed by atoms with Crippen LogP contribution < -0.4 is 10.1 Å². The van der Waals surface area contributed by atoms with E-state index in [1.807, 2.05) is 25.1 Å². The third-order valence-electron chi connectivity index (χ3n) is 6.83. The van der Waals surface area contributed by atoms with Crippen molar-refractivity contribution in [3.8, 4) is 5.75 Å². The molecule has 2 aliphatic carbocycles. The first-order chi connectivity index (χ1) is 15.9. The second-order valence-corrected chi connectivity index (χ2v) is 9.84. The highest BCUT2D eigenvalue weighted by atomic mass is 16.6. The quantitative estimate of drug-likeness (QED) is 0.492. The van der Waals surface area contributed by atoms with Crippen LogP contribution in [0, 0.1) is 5.41 Å². The van der Waals surface area contributed by atoms with Gasteiger partial charge in [0.25, 0.3) is 0 Å². The number of likely N-dealkylation sites (N-methyl/N-ethyl adjacent to an activating group) is 1. The lowest BCUT2D eigenvalue weighted by molar-refractivity contribution is -0.146. The molecular formula is C27H40N2O4. The first-order valence-corrected chi connectivity index (χ1v) is 12.5. The summed E-state index contributed by atoms with van der Waals surface area (Å²) in [6, 6.07) is 7.87. The highest BCUT2D eigenvalue weighted by Crippen LogP contribution is 2.39. The van der Waals surface area contributed by atoms with Gasteiger partial charge in [0.2, 0.25) is 0 Å². The molecule has 33 heavy (non-hydrogen) atoms. The molecule has 0 spiro atoms. The Labute approximate surface area is 198 Å². The van der Waals surface area contributed by atoms with Gasteiger partial charge in [-0.15, -0.1) is 0 Å². The van der Waals surface area contributed by atoms with Gasteiger partial charge in [-0.2, -0.15) is 0 Å². The van der Waals surface area contributed by atoms with Crippen molar-refractivity contribution in [2.45, 2.75) is 71.1 Å². The highest BCUT2D eigenvalue weighted by molar-refractivity contribution is 5.74. The number of rotatable bonds is 9. The average molecular weight is 457 g/mol. The second-order valence-electron chi connectivity index (χ2n) is 9.84. The summed E-state index contributed by atoms with van der Waals surface area (Å²) in [4.78, 5) is 27.0. The summed E-state index contributed by atoms with van der Waals surface area (Å²) < 4.78 is 10.8. The molecule has 1 aromatic carbocycles. The van der Waals surface area contributed by atoms with Crippen LogP contribution >= 0.6 is 0 Å². The maximum absolute atomic E-state index is 12.6. The fourth-order valence-electron chi connectivity index (χ4n) is 5.26. The van der Waals surface area contributed by atoms with E-state index in [1.165, 1.54) is 30.4 Å². The Kier molecular flexibility index (Phi) is 9.36. The zero-order chi connectivity index (χ0) is 23.7. The molecule has 0 saturated heterocycles. The summed E-state index contributed by atoms with van der Waals surface area (Å²) in [5.74, 6) is 0.368. The average Bonchev–Trinajstić information content (AvgIpc) is 2.79. The van der Waals surface area contributed by atoms with Crippen LogP contribution in [0.4, 0.5) is 4.79 Å². The maximum Gasteiger partial charge on any atom is 0.412 e. The van der Waals surface area contributed by atoms with Gasteiger partial charge in [0, 0.05) is 13.1 Å². The lowest BCUT2D eigenvalue weighted by Gasteiger charge is -2.36. The van der Waals surface area contributed by atoms with Gasteiger partial charge in [-0.05, 0) is 88.2 Å². The summed E-state index contributed by atoms with van der Waals surface area (Å²) in [5, 5.41) is 2.94. The Morgan fingerprint density at radius 3 is 2.55 bits per heavy atom. The van der Waals surface area contributed by atoms with Gasteiger partial charge in [-0.25, -0.2) is 4.79 Å². The van der Waals surface area contributed by atoms with Gasteiger partial charge < -0.3 is 19.7 Å². The lowest BCUT2D eigenvalue weighted by atomic mass is 9.72. The molecule has 0 heterocycles.